The van der Waals surface area contributed by atoms with Gasteiger partial charge in [0.1, 0.15) is 0 Å². The van der Waals surface area contributed by atoms with Crippen molar-refractivity contribution in [3.63, 3.8) is 0 Å². The van der Waals surface area contributed by atoms with Gasteiger partial charge in [0.05, 0.1) is 6.04 Å². The molecule has 0 radical (unpaired) electrons. The average Bonchev–Trinajstić information content (AvgIpc) is 3.64. The zero-order valence-corrected chi connectivity index (χ0v) is 30.6. The van der Waals surface area contributed by atoms with Gasteiger partial charge in [-0.1, -0.05) is 133 Å². The lowest BCUT2D eigenvalue weighted by atomic mass is 9.59. The Labute approximate surface area is 307 Å². The molecule has 2 aromatic rings. The first-order valence-electron chi connectivity index (χ1n) is 20.3. The number of fused-ring (bicyclic) bond motifs is 7. The summed E-state index contributed by atoms with van der Waals surface area (Å²) in [5.74, 6) is 3.81. The highest BCUT2D eigenvalue weighted by Crippen LogP contribution is 2.72. The quantitative estimate of drug-likeness (QED) is 0.253. The Bertz CT molecular complexity index is 1890. The molecule has 1 nitrogen and oxygen atoms in total. The van der Waals surface area contributed by atoms with E-state index in [9.17, 15) is 0 Å². The van der Waals surface area contributed by atoms with Gasteiger partial charge in [0, 0.05) is 28.6 Å². The molecule has 0 heterocycles. The van der Waals surface area contributed by atoms with Crippen LogP contribution >= 0.6 is 0 Å². The SMILES string of the molecule is C=CCCC1=C(C)C2(C3=CC(N(c4ccc(C5=CCCC=C5)cc4)c4ccc(C5C=CC=CC5)cc4)CCC31)C1C=CC=CC1C1CCCCC12. The fourth-order valence-corrected chi connectivity index (χ4v) is 12.0. The fraction of sp³-hybridized carbons (Fsp3) is 0.400. The van der Waals surface area contributed by atoms with Gasteiger partial charge in [-0.15, -0.1) is 6.58 Å². The summed E-state index contributed by atoms with van der Waals surface area (Å²) < 4.78 is 0. The molecule has 8 atom stereocenters. The maximum Gasteiger partial charge on any atom is 0.0525 e. The molecular weight excluding hydrogens is 615 g/mol. The van der Waals surface area contributed by atoms with Crippen molar-refractivity contribution in [1.29, 1.82) is 0 Å². The van der Waals surface area contributed by atoms with Crippen molar-refractivity contribution in [2.75, 3.05) is 4.90 Å². The maximum atomic E-state index is 4.17. The third-order valence-electron chi connectivity index (χ3n) is 14.1. The summed E-state index contributed by atoms with van der Waals surface area (Å²) >= 11 is 0. The van der Waals surface area contributed by atoms with Gasteiger partial charge in [-0.05, 0) is 129 Å². The molecule has 2 saturated carbocycles. The lowest BCUT2D eigenvalue weighted by molar-refractivity contribution is 0.175. The van der Waals surface area contributed by atoms with Crippen LogP contribution in [-0.2, 0) is 0 Å². The number of hydrogen-bond donors (Lipinski definition) is 0. The van der Waals surface area contributed by atoms with Crippen molar-refractivity contribution in [1.82, 2.24) is 0 Å². The Balaban J connectivity index is 1.16. The Kier molecular flexibility index (Phi) is 8.87. The minimum atomic E-state index is 0.150. The molecule has 260 valence electrons. The molecule has 1 spiro atoms. The van der Waals surface area contributed by atoms with E-state index < -0.39 is 0 Å². The molecule has 0 amide bonds. The normalized spacial score (nSPS) is 33.2. The molecule has 0 bridgehead atoms. The first kappa shape index (κ1) is 32.8. The van der Waals surface area contributed by atoms with Gasteiger partial charge in [-0.25, -0.2) is 0 Å². The monoisotopic (exact) mass is 669 g/mol. The van der Waals surface area contributed by atoms with E-state index in [2.05, 4.69) is 146 Å². The van der Waals surface area contributed by atoms with E-state index in [1.165, 1.54) is 73.0 Å². The summed E-state index contributed by atoms with van der Waals surface area (Å²) in [6.45, 7) is 6.74. The molecular formula is C50H55N. The second-order valence-electron chi connectivity index (χ2n) is 16.4. The van der Waals surface area contributed by atoms with Crippen molar-refractivity contribution in [3.8, 4) is 0 Å². The van der Waals surface area contributed by atoms with Crippen LogP contribution < -0.4 is 4.90 Å². The van der Waals surface area contributed by atoms with Crippen LogP contribution in [0.2, 0.25) is 0 Å². The molecule has 9 rings (SSSR count). The van der Waals surface area contributed by atoms with Crippen LogP contribution in [-0.4, -0.2) is 6.04 Å². The second-order valence-corrected chi connectivity index (χ2v) is 16.4. The maximum absolute atomic E-state index is 4.17. The zero-order valence-electron chi connectivity index (χ0n) is 30.6. The van der Waals surface area contributed by atoms with Crippen LogP contribution in [0.3, 0.4) is 0 Å². The van der Waals surface area contributed by atoms with Crippen LogP contribution in [0.4, 0.5) is 11.4 Å². The van der Waals surface area contributed by atoms with Crippen molar-refractivity contribution < 1.29 is 0 Å². The smallest absolute Gasteiger partial charge is 0.0525 e. The molecule has 0 aromatic heterocycles. The first-order valence-corrected chi connectivity index (χ1v) is 20.3. The van der Waals surface area contributed by atoms with Crippen molar-refractivity contribution in [2.45, 2.75) is 89.5 Å². The summed E-state index contributed by atoms with van der Waals surface area (Å²) in [5, 5.41) is 0. The Morgan fingerprint density at radius 1 is 0.824 bits per heavy atom. The fourth-order valence-electron chi connectivity index (χ4n) is 12.0. The number of allylic oxidation sites excluding steroid dienone is 16. The van der Waals surface area contributed by atoms with Gasteiger partial charge in [0.2, 0.25) is 0 Å². The van der Waals surface area contributed by atoms with Crippen LogP contribution in [0.5, 0.6) is 0 Å². The molecule has 0 saturated heterocycles. The van der Waals surface area contributed by atoms with Gasteiger partial charge in [-0.2, -0.15) is 0 Å². The summed E-state index contributed by atoms with van der Waals surface area (Å²) in [7, 11) is 0. The zero-order chi connectivity index (χ0) is 34.4. The predicted molar refractivity (Wildman–Crippen MR) is 217 cm³/mol. The highest BCUT2D eigenvalue weighted by atomic mass is 15.2. The summed E-state index contributed by atoms with van der Waals surface area (Å²) in [6, 6.07) is 19.4. The molecule has 8 unspecified atom stereocenters. The minimum absolute atomic E-state index is 0.150. The van der Waals surface area contributed by atoms with E-state index in [1.807, 2.05) is 0 Å². The Hall–Kier alpha value is -4.10. The number of anilines is 2. The molecule has 51 heavy (non-hydrogen) atoms. The lowest BCUT2D eigenvalue weighted by Gasteiger charge is -2.46. The van der Waals surface area contributed by atoms with Crippen LogP contribution in [0.15, 0.2) is 151 Å². The van der Waals surface area contributed by atoms with Crippen LogP contribution in [0, 0.1) is 35.0 Å². The molecule has 7 aliphatic carbocycles. The number of benzene rings is 2. The molecule has 1 heteroatoms. The first-order chi connectivity index (χ1) is 25.2. The Morgan fingerprint density at radius 2 is 1.61 bits per heavy atom. The molecule has 2 aromatic carbocycles. The van der Waals surface area contributed by atoms with Gasteiger partial charge in [-0.3, -0.25) is 0 Å². The third-order valence-corrected chi connectivity index (χ3v) is 14.1. The third kappa shape index (κ3) is 5.49. The summed E-state index contributed by atoms with van der Waals surface area (Å²) in [4.78, 5) is 2.70. The van der Waals surface area contributed by atoms with Gasteiger partial charge in [0.15, 0.2) is 0 Å². The average molecular weight is 670 g/mol. The number of nitrogens with zero attached hydrogens (tertiary/aromatic N) is 1. The van der Waals surface area contributed by atoms with Gasteiger partial charge in [0.25, 0.3) is 0 Å². The van der Waals surface area contributed by atoms with E-state index in [4.69, 9.17) is 0 Å². The molecule has 0 aliphatic heterocycles. The number of hydrogen-bond acceptors (Lipinski definition) is 1. The highest BCUT2D eigenvalue weighted by Gasteiger charge is 2.65. The molecule has 7 aliphatic rings. The summed E-state index contributed by atoms with van der Waals surface area (Å²) in [5.41, 5.74) is 12.1. The number of rotatable bonds is 8. The van der Waals surface area contributed by atoms with E-state index in [1.54, 1.807) is 16.7 Å². The largest absolute Gasteiger partial charge is 0.335 e. The summed E-state index contributed by atoms with van der Waals surface area (Å²) in [6.07, 6.45) is 44.6. The molecule has 0 N–H and O–H groups in total. The Morgan fingerprint density at radius 3 is 2.37 bits per heavy atom. The topological polar surface area (TPSA) is 3.24 Å². The van der Waals surface area contributed by atoms with Crippen molar-refractivity contribution in [3.05, 3.63) is 162 Å². The van der Waals surface area contributed by atoms with Crippen molar-refractivity contribution in [2.24, 2.45) is 35.0 Å². The van der Waals surface area contributed by atoms with Crippen molar-refractivity contribution >= 4 is 16.9 Å². The van der Waals surface area contributed by atoms with E-state index >= 15 is 0 Å². The van der Waals surface area contributed by atoms with E-state index in [-0.39, 0.29) is 5.41 Å². The molecule has 2 fully saturated rings. The van der Waals surface area contributed by atoms with Gasteiger partial charge >= 0.3 is 0 Å². The van der Waals surface area contributed by atoms with E-state index in [0.717, 1.165) is 37.5 Å². The van der Waals surface area contributed by atoms with E-state index in [0.29, 0.717) is 29.7 Å². The van der Waals surface area contributed by atoms with Crippen LogP contribution in [0.1, 0.15) is 94.6 Å². The lowest BCUT2D eigenvalue weighted by Crippen LogP contribution is -2.40. The second kappa shape index (κ2) is 13.8. The minimum Gasteiger partial charge on any atom is -0.335 e. The standard InChI is InChI=1S/C50H55N/c1-3-4-19-43-35(2)50(47-22-13-11-20-44(47)45-21-12-14-23-48(45)50)49-34-42(32-33-46(43)49)51(40-28-24-38(25-29-40)36-15-7-5-8-16-36)41-30-26-39(27-31-41)37-17-9-6-10-18-37/h3,5,7-9,11,13,15,17-18,20,22,24-31,34,36,42,44-48H,1,4,6,10,12,14,16,19,21,23,32-33H2,2H3. The predicted octanol–water partition coefficient (Wildman–Crippen LogP) is 13.3. The highest BCUT2D eigenvalue weighted by molar-refractivity contribution is 5.77. The van der Waals surface area contributed by atoms with Gasteiger partial charge < -0.3 is 4.90 Å². The van der Waals surface area contributed by atoms with Crippen LogP contribution in [0.25, 0.3) is 5.57 Å².